The van der Waals surface area contributed by atoms with Gasteiger partial charge in [0.05, 0.1) is 0 Å². The molecule has 1 heterocycles. The van der Waals surface area contributed by atoms with E-state index in [1.54, 1.807) is 0 Å². The van der Waals surface area contributed by atoms with Crippen molar-refractivity contribution in [3.63, 3.8) is 0 Å². The van der Waals surface area contributed by atoms with Gasteiger partial charge in [0.25, 0.3) is 0 Å². The van der Waals surface area contributed by atoms with Crippen LogP contribution in [0.2, 0.25) is 0 Å². The monoisotopic (exact) mass is 771 g/mol. The third-order valence-electron chi connectivity index (χ3n) is 11.6. The molecule has 2 nitrogen and oxygen atoms in total. The molecule has 0 saturated heterocycles. The minimum Gasteiger partial charge on any atom is -0.456 e. The second-order valence-corrected chi connectivity index (χ2v) is 16.6. The average molecular weight is 772 g/mol. The first-order valence-electron chi connectivity index (χ1n) is 20.7. The summed E-state index contributed by atoms with van der Waals surface area (Å²) in [7, 11) is 0. The molecular formula is C58H45NO. The minimum atomic E-state index is -0.115. The smallest absolute Gasteiger partial charge is 0.139 e. The lowest BCUT2D eigenvalue weighted by Gasteiger charge is -2.27. The van der Waals surface area contributed by atoms with Crippen molar-refractivity contribution in [3.05, 3.63) is 224 Å². The van der Waals surface area contributed by atoms with Crippen molar-refractivity contribution in [2.45, 2.75) is 26.2 Å². The van der Waals surface area contributed by atoms with Gasteiger partial charge in [0.2, 0.25) is 0 Å². The van der Waals surface area contributed by atoms with Gasteiger partial charge in [-0.25, -0.2) is 0 Å². The van der Waals surface area contributed by atoms with Gasteiger partial charge in [0.15, 0.2) is 0 Å². The van der Waals surface area contributed by atoms with Crippen molar-refractivity contribution in [1.82, 2.24) is 0 Å². The Morgan fingerprint density at radius 3 is 1.40 bits per heavy atom. The number of rotatable bonds is 8. The first kappa shape index (κ1) is 36.9. The van der Waals surface area contributed by atoms with E-state index < -0.39 is 0 Å². The summed E-state index contributed by atoms with van der Waals surface area (Å²) in [6, 6.07) is 78.5. The quantitative estimate of drug-likeness (QED) is 0.153. The second-order valence-electron chi connectivity index (χ2n) is 16.6. The highest BCUT2D eigenvalue weighted by Crippen LogP contribution is 2.44. The highest BCUT2D eigenvalue weighted by Gasteiger charge is 2.26. The van der Waals surface area contributed by atoms with Crippen LogP contribution in [0.25, 0.3) is 77.6 Å². The number of anilines is 3. The average Bonchev–Trinajstić information content (AvgIpc) is 3.71. The molecule has 0 aliphatic rings. The van der Waals surface area contributed by atoms with Gasteiger partial charge in [-0.3, -0.25) is 0 Å². The van der Waals surface area contributed by atoms with Crippen LogP contribution in [-0.2, 0) is 5.41 Å². The van der Waals surface area contributed by atoms with Crippen molar-refractivity contribution in [1.29, 1.82) is 0 Å². The zero-order valence-electron chi connectivity index (χ0n) is 34.1. The van der Waals surface area contributed by atoms with Gasteiger partial charge in [-0.05, 0) is 103 Å². The molecular weight excluding hydrogens is 727 g/mol. The predicted octanol–water partition coefficient (Wildman–Crippen LogP) is 16.7. The molecule has 0 unspecified atom stereocenters. The summed E-state index contributed by atoms with van der Waals surface area (Å²) in [6.07, 6.45) is 0. The van der Waals surface area contributed by atoms with E-state index in [1.165, 1.54) is 60.8 Å². The van der Waals surface area contributed by atoms with Crippen LogP contribution in [0.1, 0.15) is 26.3 Å². The highest BCUT2D eigenvalue weighted by molar-refractivity contribution is 5.97. The molecule has 0 bridgehead atoms. The van der Waals surface area contributed by atoms with E-state index in [1.807, 2.05) is 6.07 Å². The maximum absolute atomic E-state index is 6.66. The Labute approximate surface area is 352 Å². The number of fused-ring (bicyclic) bond motifs is 2. The molecule has 10 aromatic rings. The Morgan fingerprint density at radius 2 is 0.800 bits per heavy atom. The first-order valence-corrected chi connectivity index (χ1v) is 20.7. The Bertz CT molecular complexity index is 3070. The summed E-state index contributed by atoms with van der Waals surface area (Å²) >= 11 is 0. The summed E-state index contributed by atoms with van der Waals surface area (Å²) in [5.41, 5.74) is 15.9. The van der Waals surface area contributed by atoms with Gasteiger partial charge in [-0.15, -0.1) is 0 Å². The first-order chi connectivity index (χ1) is 29.4. The van der Waals surface area contributed by atoms with E-state index in [9.17, 15) is 0 Å². The summed E-state index contributed by atoms with van der Waals surface area (Å²) in [5.74, 6) is 0.919. The second kappa shape index (κ2) is 15.4. The van der Waals surface area contributed by atoms with E-state index >= 15 is 0 Å². The van der Waals surface area contributed by atoms with E-state index in [0.717, 1.165) is 39.4 Å². The zero-order valence-corrected chi connectivity index (χ0v) is 34.1. The van der Waals surface area contributed by atoms with Crippen LogP contribution in [-0.4, -0.2) is 0 Å². The maximum Gasteiger partial charge on any atom is 0.139 e. The maximum atomic E-state index is 6.66. The molecule has 288 valence electrons. The van der Waals surface area contributed by atoms with Gasteiger partial charge >= 0.3 is 0 Å². The largest absolute Gasteiger partial charge is 0.456 e. The number of hydrogen-bond donors (Lipinski definition) is 0. The topological polar surface area (TPSA) is 16.4 Å². The van der Waals surface area contributed by atoms with Crippen molar-refractivity contribution >= 4 is 38.8 Å². The third-order valence-corrected chi connectivity index (χ3v) is 11.6. The fourth-order valence-electron chi connectivity index (χ4n) is 8.64. The molecule has 0 amide bonds. The Balaban J connectivity index is 1.02. The van der Waals surface area contributed by atoms with Crippen LogP contribution >= 0.6 is 0 Å². The summed E-state index contributed by atoms with van der Waals surface area (Å²) in [4.78, 5) is 2.35. The molecule has 2 heteroatoms. The van der Waals surface area contributed by atoms with Crippen LogP contribution in [0.5, 0.6) is 0 Å². The summed E-state index contributed by atoms with van der Waals surface area (Å²) in [5, 5.41) is 3.68. The predicted molar refractivity (Wildman–Crippen MR) is 254 cm³/mol. The van der Waals surface area contributed by atoms with Crippen LogP contribution < -0.4 is 4.90 Å². The molecule has 0 spiro atoms. The van der Waals surface area contributed by atoms with E-state index in [2.05, 4.69) is 238 Å². The Morgan fingerprint density at radius 1 is 0.350 bits per heavy atom. The Kier molecular flexibility index (Phi) is 9.47. The van der Waals surface area contributed by atoms with E-state index in [0.29, 0.717) is 0 Å². The van der Waals surface area contributed by atoms with E-state index in [-0.39, 0.29) is 5.41 Å². The molecule has 60 heavy (non-hydrogen) atoms. The SMILES string of the molecule is CC(C)(C)c1c(-c2cccc(N(c3ccc(-c4ccc(-c5ccccc5)cc4)cc3)c3ccc(-c4ccc(-c5cccc6ccccc56)cc4)cc3)c2)oc2ccccc12. The van der Waals surface area contributed by atoms with E-state index in [4.69, 9.17) is 4.42 Å². The number of furan rings is 1. The molecule has 0 radical (unpaired) electrons. The number of benzene rings is 9. The summed E-state index contributed by atoms with van der Waals surface area (Å²) in [6.45, 7) is 6.79. The van der Waals surface area contributed by atoms with Crippen LogP contribution in [0, 0.1) is 0 Å². The van der Waals surface area contributed by atoms with Crippen molar-refractivity contribution in [2.24, 2.45) is 0 Å². The lowest BCUT2D eigenvalue weighted by Crippen LogP contribution is -2.12. The fraction of sp³-hybridized carbons (Fsp3) is 0.0690. The molecule has 9 aromatic carbocycles. The van der Waals surface area contributed by atoms with Crippen molar-refractivity contribution in [2.75, 3.05) is 4.90 Å². The molecule has 0 aliphatic carbocycles. The number of hydrogen-bond acceptors (Lipinski definition) is 2. The zero-order chi connectivity index (χ0) is 40.6. The standard InChI is InChI=1S/C58H45NO/c1-58(2,3)56-54-20-9-10-22-55(54)60-57(56)48-17-11-18-51(39-48)59(49-35-31-44(32-36-49)42-25-23-41(24-26-42)40-13-5-4-6-14-40)50-37-33-45(34-38-50)43-27-29-47(30-28-43)53-21-12-16-46-15-7-8-19-52(46)53/h4-39H,1-3H3. The molecule has 1 aromatic heterocycles. The molecule has 0 N–H and O–H groups in total. The third kappa shape index (κ3) is 7.07. The summed E-state index contributed by atoms with van der Waals surface area (Å²) < 4.78 is 6.66. The van der Waals surface area contributed by atoms with Crippen LogP contribution in [0.4, 0.5) is 17.1 Å². The lowest BCUT2D eigenvalue weighted by molar-refractivity contribution is 0.568. The lowest BCUT2D eigenvalue weighted by atomic mass is 9.83. The molecule has 0 aliphatic heterocycles. The number of nitrogens with zero attached hydrogens (tertiary/aromatic N) is 1. The molecule has 0 fully saturated rings. The normalized spacial score (nSPS) is 11.6. The van der Waals surface area contributed by atoms with Gasteiger partial charge in [-0.2, -0.15) is 0 Å². The van der Waals surface area contributed by atoms with Gasteiger partial charge in [0.1, 0.15) is 11.3 Å². The Hall–Kier alpha value is -7.42. The van der Waals surface area contributed by atoms with Gasteiger partial charge in [0, 0.05) is 33.6 Å². The van der Waals surface area contributed by atoms with Crippen molar-refractivity contribution < 1.29 is 4.42 Å². The van der Waals surface area contributed by atoms with Gasteiger partial charge in [-0.1, -0.05) is 197 Å². The molecule has 0 saturated carbocycles. The van der Waals surface area contributed by atoms with Crippen LogP contribution in [0.3, 0.4) is 0 Å². The molecule has 0 atom stereocenters. The van der Waals surface area contributed by atoms with Crippen LogP contribution in [0.15, 0.2) is 223 Å². The van der Waals surface area contributed by atoms with Crippen molar-refractivity contribution in [3.8, 4) is 55.8 Å². The highest BCUT2D eigenvalue weighted by atomic mass is 16.3. The minimum absolute atomic E-state index is 0.115. The fourth-order valence-corrected chi connectivity index (χ4v) is 8.64. The molecule has 10 rings (SSSR count). The number of para-hydroxylation sites is 1. The van der Waals surface area contributed by atoms with Gasteiger partial charge < -0.3 is 9.32 Å².